The van der Waals surface area contributed by atoms with Gasteiger partial charge in [-0.1, -0.05) is 12.1 Å². The van der Waals surface area contributed by atoms with Crippen LogP contribution in [0.1, 0.15) is 55.2 Å². The molecule has 2 aromatic carbocycles. The topological polar surface area (TPSA) is 35.5 Å². The van der Waals surface area contributed by atoms with E-state index in [1.807, 2.05) is 19.9 Å². The Hall–Kier alpha value is -2.01. The van der Waals surface area contributed by atoms with Crippen molar-refractivity contribution in [2.75, 3.05) is 18.1 Å². The minimum absolute atomic E-state index is 0.135. The van der Waals surface area contributed by atoms with Crippen molar-refractivity contribution in [2.45, 2.75) is 62.9 Å². The van der Waals surface area contributed by atoms with E-state index in [1.54, 1.807) is 6.07 Å². The van der Waals surface area contributed by atoms with Crippen molar-refractivity contribution in [3.8, 4) is 5.75 Å². The third kappa shape index (κ3) is 4.51. The maximum absolute atomic E-state index is 13.8. The van der Waals surface area contributed by atoms with E-state index in [0.717, 1.165) is 48.1 Å². The van der Waals surface area contributed by atoms with Crippen molar-refractivity contribution in [2.24, 2.45) is 0 Å². The summed E-state index contributed by atoms with van der Waals surface area (Å²) in [5.41, 5.74) is 2.14. The molecule has 2 aromatic rings. The molecule has 3 nitrogen and oxygen atoms in total. The van der Waals surface area contributed by atoms with E-state index >= 15 is 0 Å². The summed E-state index contributed by atoms with van der Waals surface area (Å²) in [4.78, 5) is 14.1. The summed E-state index contributed by atoms with van der Waals surface area (Å²) >= 11 is 0. The largest absolute Gasteiger partial charge is 0.481 e. The van der Waals surface area contributed by atoms with E-state index in [4.69, 9.17) is 9.47 Å². The minimum atomic E-state index is -0.736. The van der Waals surface area contributed by atoms with Gasteiger partial charge in [0.05, 0.1) is 0 Å². The number of ether oxygens (including phenoxy) is 2. The van der Waals surface area contributed by atoms with Gasteiger partial charge in [0.2, 0.25) is 0 Å². The molecule has 1 heterocycles. The zero-order valence-electron chi connectivity index (χ0n) is 17.8. The number of hydrogen-bond acceptors (Lipinski definition) is 3. The molecule has 0 unspecified atom stereocenters. The standard InChI is InChI=1S/C25H30FO3S/c1-18-14-22(30-12-5-6-13-30)15-19(2)24(18)28-17-23(27)29-25(10-3-4-11-25)20-8-7-9-21(26)16-20/h7-9,14-16H,3-6,10-13,17H2,1-2H3/q+1. The highest BCUT2D eigenvalue weighted by Gasteiger charge is 2.40. The van der Waals surface area contributed by atoms with Crippen LogP contribution in [-0.4, -0.2) is 24.1 Å². The summed E-state index contributed by atoms with van der Waals surface area (Å²) in [7, 11) is 0.358. The first-order valence-electron chi connectivity index (χ1n) is 10.9. The Morgan fingerprint density at radius 2 is 1.70 bits per heavy atom. The molecule has 0 radical (unpaired) electrons. The Morgan fingerprint density at radius 1 is 1.03 bits per heavy atom. The molecular formula is C25H30FO3S+. The van der Waals surface area contributed by atoms with E-state index in [-0.39, 0.29) is 12.4 Å². The first-order chi connectivity index (χ1) is 14.5. The molecule has 5 heteroatoms. The number of esters is 1. The van der Waals surface area contributed by atoms with Crippen LogP contribution in [0.5, 0.6) is 5.75 Å². The summed E-state index contributed by atoms with van der Waals surface area (Å²) in [5.74, 6) is 2.63. The fourth-order valence-corrected chi connectivity index (χ4v) is 7.21. The summed E-state index contributed by atoms with van der Waals surface area (Å²) in [6.07, 6.45) is 6.00. The molecule has 1 saturated heterocycles. The average molecular weight is 430 g/mol. The molecule has 0 amide bonds. The number of aryl methyl sites for hydroxylation is 2. The molecule has 2 fully saturated rings. The van der Waals surface area contributed by atoms with Gasteiger partial charge < -0.3 is 9.47 Å². The molecule has 1 aliphatic heterocycles. The van der Waals surface area contributed by atoms with E-state index in [9.17, 15) is 9.18 Å². The maximum Gasteiger partial charge on any atom is 0.345 e. The smallest absolute Gasteiger partial charge is 0.345 e. The van der Waals surface area contributed by atoms with Crippen molar-refractivity contribution in [1.82, 2.24) is 0 Å². The predicted molar refractivity (Wildman–Crippen MR) is 119 cm³/mol. The molecule has 2 aliphatic rings. The van der Waals surface area contributed by atoms with Crippen LogP contribution >= 0.6 is 0 Å². The van der Waals surface area contributed by atoms with Crippen LogP contribution in [-0.2, 0) is 26.0 Å². The zero-order chi connectivity index (χ0) is 21.1. The van der Waals surface area contributed by atoms with Gasteiger partial charge in [-0.15, -0.1) is 0 Å². The predicted octanol–water partition coefficient (Wildman–Crippen LogP) is 5.61. The van der Waals surface area contributed by atoms with E-state index in [0.29, 0.717) is 10.9 Å². The quantitative estimate of drug-likeness (QED) is 0.443. The minimum Gasteiger partial charge on any atom is -0.481 e. The molecule has 1 saturated carbocycles. The third-order valence-electron chi connectivity index (χ3n) is 6.20. The summed E-state index contributed by atoms with van der Waals surface area (Å²) in [5, 5.41) is 0. The molecule has 0 spiro atoms. The number of carbonyl (C=O) groups is 1. The van der Waals surface area contributed by atoms with Crippen LogP contribution in [0.3, 0.4) is 0 Å². The van der Waals surface area contributed by atoms with Gasteiger partial charge in [-0.25, -0.2) is 9.18 Å². The van der Waals surface area contributed by atoms with Gasteiger partial charge >= 0.3 is 5.97 Å². The normalized spacial score (nSPS) is 18.5. The Bertz CT molecular complexity index is 891. The number of benzene rings is 2. The van der Waals surface area contributed by atoms with Crippen LogP contribution < -0.4 is 4.74 Å². The van der Waals surface area contributed by atoms with E-state index < -0.39 is 11.6 Å². The molecule has 0 bridgehead atoms. The van der Waals surface area contributed by atoms with Gasteiger partial charge in [-0.3, -0.25) is 0 Å². The monoisotopic (exact) mass is 429 g/mol. The Morgan fingerprint density at radius 3 is 2.33 bits per heavy atom. The lowest BCUT2D eigenvalue weighted by Crippen LogP contribution is -2.32. The van der Waals surface area contributed by atoms with Gasteiger partial charge in [-0.05, 0) is 93.3 Å². The number of halogens is 1. The van der Waals surface area contributed by atoms with Crippen LogP contribution in [0.4, 0.5) is 4.39 Å². The molecule has 0 atom stereocenters. The van der Waals surface area contributed by atoms with Gasteiger partial charge in [0, 0.05) is 10.9 Å². The fourth-order valence-electron chi connectivity index (χ4n) is 4.74. The van der Waals surface area contributed by atoms with Crippen molar-refractivity contribution < 1.29 is 18.7 Å². The summed E-state index contributed by atoms with van der Waals surface area (Å²) in [6, 6.07) is 10.9. The number of rotatable bonds is 6. The molecular weight excluding hydrogens is 399 g/mol. The lowest BCUT2D eigenvalue weighted by Gasteiger charge is -2.29. The van der Waals surface area contributed by atoms with Crippen LogP contribution in [0.2, 0.25) is 0 Å². The van der Waals surface area contributed by atoms with Crippen molar-refractivity contribution in [3.63, 3.8) is 0 Å². The molecule has 0 N–H and O–H groups in total. The fraction of sp³-hybridized carbons (Fsp3) is 0.480. The molecule has 0 aromatic heterocycles. The van der Waals surface area contributed by atoms with Crippen molar-refractivity contribution in [1.29, 1.82) is 0 Å². The van der Waals surface area contributed by atoms with Crippen molar-refractivity contribution in [3.05, 3.63) is 58.9 Å². The third-order valence-corrected chi connectivity index (χ3v) is 8.67. The number of carbonyl (C=O) groups excluding carboxylic acids is 1. The van der Waals surface area contributed by atoms with Gasteiger partial charge in [0.25, 0.3) is 0 Å². The second kappa shape index (κ2) is 9.01. The first kappa shape index (κ1) is 21.2. The summed E-state index contributed by atoms with van der Waals surface area (Å²) in [6.45, 7) is 3.95. The highest BCUT2D eigenvalue weighted by atomic mass is 32.2. The van der Waals surface area contributed by atoms with Crippen molar-refractivity contribution >= 4 is 16.9 Å². The van der Waals surface area contributed by atoms with Gasteiger partial charge in [0.1, 0.15) is 28.7 Å². The van der Waals surface area contributed by atoms with Gasteiger partial charge in [-0.2, -0.15) is 0 Å². The first-order valence-corrected chi connectivity index (χ1v) is 12.4. The second-order valence-corrected chi connectivity index (χ2v) is 10.7. The SMILES string of the molecule is Cc1cc([S+]2CCCC2)cc(C)c1OCC(=O)OC1(c2cccc(F)c2)CCCC1. The Balaban J connectivity index is 1.44. The van der Waals surface area contributed by atoms with Crippen LogP contribution in [0.25, 0.3) is 0 Å². The Labute approximate surface area is 181 Å². The molecule has 1 aliphatic carbocycles. The van der Waals surface area contributed by atoms with E-state index in [1.165, 1.54) is 41.4 Å². The second-order valence-electron chi connectivity index (χ2n) is 8.47. The number of hydrogen-bond donors (Lipinski definition) is 0. The molecule has 160 valence electrons. The van der Waals surface area contributed by atoms with Crippen LogP contribution in [0, 0.1) is 19.7 Å². The molecule has 4 rings (SSSR count). The lowest BCUT2D eigenvalue weighted by atomic mass is 9.92. The Kier molecular flexibility index (Phi) is 6.37. The van der Waals surface area contributed by atoms with E-state index in [2.05, 4.69) is 12.1 Å². The van der Waals surface area contributed by atoms with Gasteiger partial charge in [0.15, 0.2) is 11.5 Å². The highest BCUT2D eigenvalue weighted by Crippen LogP contribution is 2.42. The lowest BCUT2D eigenvalue weighted by molar-refractivity contribution is -0.163. The average Bonchev–Trinajstić information content (AvgIpc) is 3.40. The zero-order valence-corrected chi connectivity index (χ0v) is 18.7. The maximum atomic E-state index is 13.8. The molecule has 30 heavy (non-hydrogen) atoms. The summed E-state index contributed by atoms with van der Waals surface area (Å²) < 4.78 is 25.6. The van der Waals surface area contributed by atoms with Crippen LogP contribution in [0.15, 0.2) is 41.3 Å². The highest BCUT2D eigenvalue weighted by molar-refractivity contribution is 7.97.